The Morgan fingerprint density at radius 1 is 1.08 bits per heavy atom. The van der Waals surface area contributed by atoms with Gasteiger partial charge in [-0.1, -0.05) is 24.3 Å². The summed E-state index contributed by atoms with van der Waals surface area (Å²) in [4.78, 5) is 7.02. The first-order chi connectivity index (χ1) is 12.2. The van der Waals surface area contributed by atoms with Crippen LogP contribution in [0.1, 0.15) is 5.69 Å². The molecule has 4 rings (SSSR count). The summed E-state index contributed by atoms with van der Waals surface area (Å²) in [5.41, 5.74) is 3.35. The predicted octanol–water partition coefficient (Wildman–Crippen LogP) is 3.58. The average molecular weight is 338 g/mol. The van der Waals surface area contributed by atoms with E-state index in [9.17, 15) is 9.50 Å². The quantitative estimate of drug-likeness (QED) is 0.793. The van der Waals surface area contributed by atoms with Crippen LogP contribution < -0.4 is 0 Å². The van der Waals surface area contributed by atoms with Crippen molar-refractivity contribution in [3.05, 3.63) is 60.0 Å². The van der Waals surface area contributed by atoms with Crippen molar-refractivity contribution < 1.29 is 14.2 Å². The lowest BCUT2D eigenvalue weighted by Crippen LogP contribution is -2.36. The largest absolute Gasteiger partial charge is 0.506 e. The van der Waals surface area contributed by atoms with Crippen molar-refractivity contribution in [2.45, 2.75) is 6.54 Å². The topological polar surface area (TPSA) is 45.6 Å². The van der Waals surface area contributed by atoms with Gasteiger partial charge in [-0.15, -0.1) is 0 Å². The maximum atomic E-state index is 13.3. The summed E-state index contributed by atoms with van der Waals surface area (Å²) >= 11 is 0. The number of hydrogen-bond acceptors (Lipinski definition) is 4. The van der Waals surface area contributed by atoms with Gasteiger partial charge in [0.2, 0.25) is 0 Å². The molecule has 1 saturated heterocycles. The summed E-state index contributed by atoms with van der Waals surface area (Å²) in [6.07, 6.45) is 0. The molecule has 1 fully saturated rings. The first-order valence-corrected chi connectivity index (χ1v) is 8.38. The number of morpholine rings is 1. The minimum Gasteiger partial charge on any atom is -0.506 e. The predicted molar refractivity (Wildman–Crippen MR) is 94.9 cm³/mol. The standard InChI is InChI=1S/C20H19FN2O2/c21-16-6-4-14(5-7-16)17-12-15-2-1-3-19(24)20(15)22-18(17)13-23-8-10-25-11-9-23/h1-7,12,24H,8-11,13H2. The third kappa shape index (κ3) is 3.34. The van der Waals surface area contributed by atoms with Crippen LogP contribution in [0.2, 0.25) is 0 Å². The molecule has 1 aliphatic heterocycles. The first kappa shape index (κ1) is 16.0. The molecule has 2 heterocycles. The van der Waals surface area contributed by atoms with Crippen LogP contribution in [-0.4, -0.2) is 41.3 Å². The molecule has 0 saturated carbocycles. The van der Waals surface area contributed by atoms with Gasteiger partial charge in [-0.05, 0) is 29.8 Å². The Labute approximate surface area is 145 Å². The van der Waals surface area contributed by atoms with Gasteiger partial charge in [0, 0.05) is 30.6 Å². The smallest absolute Gasteiger partial charge is 0.141 e. The highest BCUT2D eigenvalue weighted by atomic mass is 19.1. The molecule has 2 aromatic carbocycles. The summed E-state index contributed by atoms with van der Waals surface area (Å²) in [5, 5.41) is 11.0. The lowest BCUT2D eigenvalue weighted by Gasteiger charge is -2.27. The van der Waals surface area contributed by atoms with Gasteiger partial charge in [0.25, 0.3) is 0 Å². The number of phenolic OH excluding ortho intramolecular Hbond substituents is 1. The van der Waals surface area contributed by atoms with Gasteiger partial charge in [-0.3, -0.25) is 4.90 Å². The van der Waals surface area contributed by atoms with Crippen molar-refractivity contribution in [3.63, 3.8) is 0 Å². The Bertz CT molecular complexity index is 890. The van der Waals surface area contributed by atoms with Gasteiger partial charge < -0.3 is 9.84 Å². The average Bonchev–Trinajstić information content (AvgIpc) is 2.64. The second kappa shape index (κ2) is 6.78. The van der Waals surface area contributed by atoms with E-state index in [0.717, 1.165) is 35.3 Å². The van der Waals surface area contributed by atoms with Gasteiger partial charge in [0.15, 0.2) is 0 Å². The molecule has 5 heteroatoms. The van der Waals surface area contributed by atoms with E-state index in [1.54, 1.807) is 24.3 Å². The number of halogens is 1. The number of aromatic nitrogens is 1. The molecule has 0 aliphatic carbocycles. The van der Waals surface area contributed by atoms with Gasteiger partial charge in [0.05, 0.1) is 18.9 Å². The Morgan fingerprint density at radius 3 is 2.60 bits per heavy atom. The van der Waals surface area contributed by atoms with Crippen molar-refractivity contribution >= 4 is 10.9 Å². The van der Waals surface area contributed by atoms with E-state index in [1.165, 1.54) is 12.1 Å². The molecule has 0 bridgehead atoms. The van der Waals surface area contributed by atoms with E-state index in [4.69, 9.17) is 9.72 Å². The SMILES string of the molecule is Oc1cccc2cc(-c3ccc(F)cc3)c(CN3CCOCC3)nc12. The summed E-state index contributed by atoms with van der Waals surface area (Å²) in [6, 6.07) is 13.8. The summed E-state index contributed by atoms with van der Waals surface area (Å²) < 4.78 is 18.7. The summed E-state index contributed by atoms with van der Waals surface area (Å²) in [5.74, 6) is -0.0868. The van der Waals surface area contributed by atoms with Crippen LogP contribution in [-0.2, 0) is 11.3 Å². The van der Waals surface area contributed by atoms with Crippen LogP contribution in [0.4, 0.5) is 4.39 Å². The second-order valence-corrected chi connectivity index (χ2v) is 6.23. The van der Waals surface area contributed by atoms with E-state index in [0.29, 0.717) is 25.3 Å². The normalized spacial score (nSPS) is 15.6. The lowest BCUT2D eigenvalue weighted by atomic mass is 10.0. The van der Waals surface area contributed by atoms with Gasteiger partial charge >= 0.3 is 0 Å². The molecule has 0 atom stereocenters. The molecule has 0 radical (unpaired) electrons. The molecule has 25 heavy (non-hydrogen) atoms. The maximum Gasteiger partial charge on any atom is 0.141 e. The van der Waals surface area contributed by atoms with E-state index in [2.05, 4.69) is 4.90 Å². The number of fused-ring (bicyclic) bond motifs is 1. The van der Waals surface area contributed by atoms with E-state index in [1.807, 2.05) is 12.1 Å². The molecule has 1 N–H and O–H groups in total. The Morgan fingerprint density at radius 2 is 1.84 bits per heavy atom. The molecule has 1 aromatic heterocycles. The Kier molecular flexibility index (Phi) is 4.34. The fourth-order valence-corrected chi connectivity index (χ4v) is 3.19. The van der Waals surface area contributed by atoms with E-state index < -0.39 is 0 Å². The molecule has 3 aromatic rings. The number of hydrogen-bond donors (Lipinski definition) is 1. The highest BCUT2D eigenvalue weighted by molar-refractivity contribution is 5.88. The third-order valence-corrected chi connectivity index (χ3v) is 4.54. The second-order valence-electron chi connectivity index (χ2n) is 6.23. The summed E-state index contributed by atoms with van der Waals surface area (Å²) in [7, 11) is 0. The fraction of sp³-hybridized carbons (Fsp3) is 0.250. The number of rotatable bonds is 3. The molecule has 0 unspecified atom stereocenters. The number of benzene rings is 2. The van der Waals surface area contributed by atoms with Crippen LogP contribution in [0.3, 0.4) is 0 Å². The van der Waals surface area contributed by atoms with Crippen LogP contribution >= 0.6 is 0 Å². The number of para-hydroxylation sites is 1. The monoisotopic (exact) mass is 338 g/mol. The van der Waals surface area contributed by atoms with Gasteiger partial charge in [0.1, 0.15) is 17.1 Å². The number of pyridine rings is 1. The maximum absolute atomic E-state index is 13.3. The van der Waals surface area contributed by atoms with Crippen molar-refractivity contribution in [2.75, 3.05) is 26.3 Å². The van der Waals surface area contributed by atoms with Crippen molar-refractivity contribution in [1.29, 1.82) is 0 Å². The molecular weight excluding hydrogens is 319 g/mol. The number of aromatic hydroxyl groups is 1. The molecule has 0 amide bonds. The number of phenols is 1. The Balaban J connectivity index is 1.82. The minimum absolute atomic E-state index is 0.173. The molecule has 0 spiro atoms. The highest BCUT2D eigenvalue weighted by Crippen LogP contribution is 2.31. The molecule has 1 aliphatic rings. The zero-order valence-corrected chi connectivity index (χ0v) is 13.8. The Hall–Kier alpha value is -2.50. The molecular formula is C20H19FN2O2. The van der Waals surface area contributed by atoms with Crippen LogP contribution in [0.15, 0.2) is 48.5 Å². The molecule has 128 valence electrons. The minimum atomic E-state index is -0.259. The zero-order chi connectivity index (χ0) is 17.2. The zero-order valence-electron chi connectivity index (χ0n) is 13.8. The van der Waals surface area contributed by atoms with E-state index in [-0.39, 0.29) is 11.6 Å². The van der Waals surface area contributed by atoms with Crippen LogP contribution in [0.5, 0.6) is 5.75 Å². The van der Waals surface area contributed by atoms with Gasteiger partial charge in [-0.25, -0.2) is 9.37 Å². The van der Waals surface area contributed by atoms with E-state index >= 15 is 0 Å². The first-order valence-electron chi connectivity index (χ1n) is 8.38. The highest BCUT2D eigenvalue weighted by Gasteiger charge is 2.16. The molecule has 4 nitrogen and oxygen atoms in total. The van der Waals surface area contributed by atoms with Crippen molar-refractivity contribution in [1.82, 2.24) is 9.88 Å². The van der Waals surface area contributed by atoms with Gasteiger partial charge in [-0.2, -0.15) is 0 Å². The van der Waals surface area contributed by atoms with Crippen molar-refractivity contribution in [3.8, 4) is 16.9 Å². The third-order valence-electron chi connectivity index (χ3n) is 4.54. The summed E-state index contributed by atoms with van der Waals surface area (Å²) in [6.45, 7) is 3.79. The number of nitrogens with zero attached hydrogens (tertiary/aromatic N) is 2. The number of ether oxygens (including phenoxy) is 1. The lowest BCUT2D eigenvalue weighted by molar-refractivity contribution is 0.0337. The van der Waals surface area contributed by atoms with Crippen LogP contribution in [0, 0.1) is 5.82 Å². The van der Waals surface area contributed by atoms with Crippen molar-refractivity contribution in [2.24, 2.45) is 0 Å². The van der Waals surface area contributed by atoms with Crippen LogP contribution in [0.25, 0.3) is 22.0 Å². The fourth-order valence-electron chi connectivity index (χ4n) is 3.19.